The summed E-state index contributed by atoms with van der Waals surface area (Å²) in [6, 6.07) is 13.2. The van der Waals surface area contributed by atoms with Crippen molar-refractivity contribution in [2.45, 2.75) is 59.5 Å². The van der Waals surface area contributed by atoms with Gasteiger partial charge in [0.05, 0.1) is 10.9 Å². The maximum Gasteiger partial charge on any atom is 0.331 e. The van der Waals surface area contributed by atoms with Crippen LogP contribution >= 0.6 is 0 Å². The predicted octanol–water partition coefficient (Wildman–Crippen LogP) is 3.34. The number of unbranched alkanes of at least 4 members (excludes halogenated alkanes) is 1. The van der Waals surface area contributed by atoms with Gasteiger partial charge in [-0.1, -0.05) is 38.1 Å². The number of aromatic nitrogens is 2. The van der Waals surface area contributed by atoms with Crippen LogP contribution in [0.5, 0.6) is 0 Å². The number of amides is 2. The second-order valence-corrected chi connectivity index (χ2v) is 9.52. The summed E-state index contributed by atoms with van der Waals surface area (Å²) in [5.41, 5.74) is 0.258. The molecule has 0 aliphatic rings. The first kappa shape index (κ1) is 27.6. The van der Waals surface area contributed by atoms with Crippen molar-refractivity contribution in [2.24, 2.45) is 5.92 Å². The molecule has 0 saturated carbocycles. The van der Waals surface area contributed by atoms with Gasteiger partial charge in [-0.2, -0.15) is 0 Å². The van der Waals surface area contributed by atoms with Crippen molar-refractivity contribution in [3.05, 3.63) is 74.9 Å². The van der Waals surface area contributed by atoms with E-state index in [0.717, 1.165) is 11.0 Å². The number of para-hydroxylation sites is 1. The fourth-order valence-corrected chi connectivity index (χ4v) is 4.03. The molecule has 2 aromatic carbocycles. The molecule has 0 unspecified atom stereocenters. The first-order valence-corrected chi connectivity index (χ1v) is 12.6. The number of hydrogen-bond acceptors (Lipinski definition) is 5. The summed E-state index contributed by atoms with van der Waals surface area (Å²) in [5.74, 6) is -0.126. The highest BCUT2D eigenvalue weighted by Crippen LogP contribution is 2.12. The highest BCUT2D eigenvalue weighted by Gasteiger charge is 2.16. The zero-order chi connectivity index (χ0) is 26.9. The van der Waals surface area contributed by atoms with Crippen molar-refractivity contribution in [3.63, 3.8) is 0 Å². The molecule has 0 aliphatic carbocycles. The lowest BCUT2D eigenvalue weighted by molar-refractivity contribution is -0.121. The fraction of sp³-hybridized carbons (Fsp3) is 0.393. The van der Waals surface area contributed by atoms with Crippen molar-refractivity contribution < 1.29 is 14.4 Å². The molecular weight excluding hydrogens is 472 g/mol. The molecule has 1 heterocycles. The third-order valence-electron chi connectivity index (χ3n) is 6.07. The van der Waals surface area contributed by atoms with E-state index in [4.69, 9.17) is 0 Å². The van der Waals surface area contributed by atoms with E-state index in [1.54, 1.807) is 48.5 Å². The van der Waals surface area contributed by atoms with Crippen molar-refractivity contribution in [3.8, 4) is 0 Å². The van der Waals surface area contributed by atoms with E-state index < -0.39 is 17.2 Å². The lowest BCUT2D eigenvalue weighted by Gasteiger charge is -2.14. The Labute approximate surface area is 215 Å². The summed E-state index contributed by atoms with van der Waals surface area (Å²) in [5, 5.41) is 5.93. The minimum absolute atomic E-state index is 0.0468. The van der Waals surface area contributed by atoms with Crippen LogP contribution in [0.3, 0.4) is 0 Å². The summed E-state index contributed by atoms with van der Waals surface area (Å²) in [4.78, 5) is 62.8. The Kier molecular flexibility index (Phi) is 9.54. The Morgan fingerprint density at radius 2 is 1.68 bits per heavy atom. The smallest absolute Gasteiger partial charge is 0.331 e. The van der Waals surface area contributed by atoms with Gasteiger partial charge in [-0.15, -0.1) is 0 Å². The summed E-state index contributed by atoms with van der Waals surface area (Å²) in [6.45, 7) is 6.10. The van der Waals surface area contributed by atoms with E-state index >= 15 is 0 Å². The highest BCUT2D eigenvalue weighted by atomic mass is 16.2. The summed E-state index contributed by atoms with van der Waals surface area (Å²) < 4.78 is 2.40. The Bertz CT molecular complexity index is 1400. The Hall–Kier alpha value is -4.01. The molecule has 0 radical (unpaired) electrons. The van der Waals surface area contributed by atoms with Crippen LogP contribution in [0.2, 0.25) is 0 Å². The number of anilines is 1. The molecule has 0 aliphatic heterocycles. The molecule has 0 saturated heterocycles. The van der Waals surface area contributed by atoms with Crippen LogP contribution in [-0.4, -0.2) is 33.3 Å². The second kappa shape index (κ2) is 12.8. The maximum atomic E-state index is 13.3. The molecule has 9 nitrogen and oxygen atoms in total. The van der Waals surface area contributed by atoms with E-state index in [-0.39, 0.29) is 24.8 Å². The van der Waals surface area contributed by atoms with E-state index in [1.165, 1.54) is 11.5 Å². The summed E-state index contributed by atoms with van der Waals surface area (Å²) >= 11 is 0. The predicted molar refractivity (Wildman–Crippen MR) is 144 cm³/mol. The van der Waals surface area contributed by atoms with Gasteiger partial charge in [0.25, 0.3) is 5.56 Å². The van der Waals surface area contributed by atoms with Crippen LogP contribution in [-0.2, 0) is 22.7 Å². The highest BCUT2D eigenvalue weighted by molar-refractivity contribution is 5.97. The molecule has 3 rings (SSSR count). The van der Waals surface area contributed by atoms with Crippen molar-refractivity contribution in [2.75, 3.05) is 11.9 Å². The number of nitrogens with one attached hydrogen (secondary N) is 2. The van der Waals surface area contributed by atoms with Crippen molar-refractivity contribution >= 4 is 34.2 Å². The number of Topliss-reactive ketones (excluding diaryl/α,β-unsaturated/α-hetero) is 1. The lowest BCUT2D eigenvalue weighted by Crippen LogP contribution is -2.41. The third kappa shape index (κ3) is 7.49. The molecule has 1 aromatic heterocycles. The topological polar surface area (TPSA) is 119 Å². The number of nitrogens with zero attached hydrogens (tertiary/aromatic N) is 2. The first-order chi connectivity index (χ1) is 17.7. The van der Waals surface area contributed by atoms with Gasteiger partial charge in [-0.25, -0.2) is 4.79 Å². The van der Waals surface area contributed by atoms with Gasteiger partial charge >= 0.3 is 5.69 Å². The third-order valence-corrected chi connectivity index (χ3v) is 6.07. The zero-order valence-corrected chi connectivity index (χ0v) is 21.6. The Morgan fingerprint density at radius 1 is 0.919 bits per heavy atom. The molecule has 2 amide bonds. The van der Waals surface area contributed by atoms with Crippen LogP contribution in [0, 0.1) is 5.92 Å². The fourth-order valence-electron chi connectivity index (χ4n) is 4.03. The summed E-state index contributed by atoms with van der Waals surface area (Å²) in [6.07, 6.45) is 2.22. The van der Waals surface area contributed by atoms with Gasteiger partial charge in [0.2, 0.25) is 11.8 Å². The van der Waals surface area contributed by atoms with Crippen LogP contribution in [0.25, 0.3) is 10.9 Å². The standard InChI is InChI=1S/C28H34N4O5/c1-19(2)14-15-29-25(34)13-6-7-16-31-27(36)23-11-4-5-12-24(23)32(28(31)37)18-26(35)30-22-10-8-9-21(17-22)20(3)33/h4-5,8-12,17,19H,6-7,13-16,18H2,1-3H3,(H,29,34)(H,30,35). The Morgan fingerprint density at radius 3 is 2.41 bits per heavy atom. The molecule has 0 bridgehead atoms. The van der Waals surface area contributed by atoms with Crippen LogP contribution < -0.4 is 21.9 Å². The molecule has 196 valence electrons. The number of hydrogen-bond donors (Lipinski definition) is 2. The number of ketones is 1. The number of carbonyl (C=O) groups excluding carboxylic acids is 3. The van der Waals surface area contributed by atoms with E-state index in [1.807, 2.05) is 0 Å². The molecule has 0 spiro atoms. The second-order valence-electron chi connectivity index (χ2n) is 9.52. The van der Waals surface area contributed by atoms with Gasteiger partial charge in [0.15, 0.2) is 5.78 Å². The van der Waals surface area contributed by atoms with Crippen LogP contribution in [0.4, 0.5) is 5.69 Å². The molecule has 0 fully saturated rings. The lowest BCUT2D eigenvalue weighted by atomic mass is 10.1. The number of fused-ring (bicyclic) bond motifs is 1. The molecule has 3 aromatic rings. The number of rotatable bonds is 12. The molecule has 37 heavy (non-hydrogen) atoms. The largest absolute Gasteiger partial charge is 0.356 e. The monoisotopic (exact) mass is 506 g/mol. The van der Waals surface area contributed by atoms with Gasteiger partial charge in [0, 0.05) is 30.8 Å². The normalized spacial score (nSPS) is 11.0. The van der Waals surface area contributed by atoms with Gasteiger partial charge < -0.3 is 10.6 Å². The maximum absolute atomic E-state index is 13.3. The van der Waals surface area contributed by atoms with Gasteiger partial charge in [0.1, 0.15) is 6.54 Å². The van der Waals surface area contributed by atoms with Crippen molar-refractivity contribution in [1.82, 2.24) is 14.5 Å². The van der Waals surface area contributed by atoms with E-state index in [2.05, 4.69) is 24.5 Å². The number of benzene rings is 2. The SMILES string of the molecule is CC(=O)c1cccc(NC(=O)Cn2c(=O)n(CCCCC(=O)NCCC(C)C)c(=O)c3ccccc32)c1. The van der Waals surface area contributed by atoms with Gasteiger partial charge in [-0.3, -0.25) is 28.3 Å². The van der Waals surface area contributed by atoms with Gasteiger partial charge in [-0.05, 0) is 56.4 Å². The average Bonchev–Trinajstić information content (AvgIpc) is 2.86. The number of carbonyl (C=O) groups is 3. The molecular formula is C28H34N4O5. The van der Waals surface area contributed by atoms with E-state index in [0.29, 0.717) is 53.9 Å². The molecule has 0 atom stereocenters. The zero-order valence-electron chi connectivity index (χ0n) is 21.6. The minimum atomic E-state index is -0.585. The van der Waals surface area contributed by atoms with E-state index in [9.17, 15) is 24.0 Å². The quantitative estimate of drug-likeness (QED) is 0.288. The van der Waals surface area contributed by atoms with Crippen LogP contribution in [0.15, 0.2) is 58.1 Å². The molecule has 9 heteroatoms. The first-order valence-electron chi connectivity index (χ1n) is 12.6. The minimum Gasteiger partial charge on any atom is -0.356 e. The molecule has 2 N–H and O–H groups in total. The Balaban J connectivity index is 1.75. The van der Waals surface area contributed by atoms with Crippen LogP contribution in [0.1, 0.15) is 56.8 Å². The average molecular weight is 507 g/mol. The van der Waals surface area contributed by atoms with Crippen molar-refractivity contribution in [1.29, 1.82) is 0 Å². The summed E-state index contributed by atoms with van der Waals surface area (Å²) in [7, 11) is 0.